The van der Waals surface area contributed by atoms with Gasteiger partial charge in [0.05, 0.1) is 24.5 Å². The van der Waals surface area contributed by atoms with Gasteiger partial charge in [-0.3, -0.25) is 9.59 Å². The number of hydrogen-bond donors (Lipinski definition) is 3. The van der Waals surface area contributed by atoms with Gasteiger partial charge in [-0.2, -0.15) is 0 Å². The molecule has 1 aliphatic heterocycles. The zero-order chi connectivity index (χ0) is 28.8. The molecule has 0 aliphatic carbocycles. The molecular formula is C32H30N2O7. The average Bonchev–Trinajstić information content (AvgIpc) is 2.97. The first kappa shape index (κ1) is 27.5. The van der Waals surface area contributed by atoms with Crippen LogP contribution in [0.2, 0.25) is 0 Å². The molecule has 9 nitrogen and oxygen atoms in total. The second kappa shape index (κ2) is 12.4. The standard InChI is InChI=1S/C32H30N2O7/c35-29(36)12-5-18-34-20-28(32(38)39)41-30-26(10-4-11-27(30)34)33-31(37)23-13-15-24(16-14-23)40-19-17-22-8-3-7-21-6-1-2-9-25(21)22/h1-4,6-11,13-16,28H,5,12,17-20H2,(H,33,37)(H,35,36)(H,38,39). The van der Waals surface area contributed by atoms with E-state index in [0.29, 0.717) is 42.3 Å². The summed E-state index contributed by atoms with van der Waals surface area (Å²) in [6, 6.07) is 26.4. The zero-order valence-corrected chi connectivity index (χ0v) is 22.3. The van der Waals surface area contributed by atoms with Crippen molar-refractivity contribution in [3.05, 3.63) is 96.1 Å². The van der Waals surface area contributed by atoms with E-state index in [2.05, 4.69) is 29.6 Å². The fraction of sp³-hybridized carbons (Fsp3) is 0.219. The van der Waals surface area contributed by atoms with E-state index in [1.54, 1.807) is 47.4 Å². The van der Waals surface area contributed by atoms with Crippen molar-refractivity contribution in [2.45, 2.75) is 25.4 Å². The van der Waals surface area contributed by atoms with Crippen LogP contribution in [-0.4, -0.2) is 53.9 Å². The van der Waals surface area contributed by atoms with Crippen LogP contribution in [0, 0.1) is 0 Å². The number of fused-ring (bicyclic) bond motifs is 2. The van der Waals surface area contributed by atoms with Gasteiger partial charge < -0.3 is 29.9 Å². The van der Waals surface area contributed by atoms with Crippen molar-refractivity contribution in [3.63, 3.8) is 0 Å². The van der Waals surface area contributed by atoms with Gasteiger partial charge in [-0.05, 0) is 59.2 Å². The summed E-state index contributed by atoms with van der Waals surface area (Å²) in [5.74, 6) is -1.57. The maximum atomic E-state index is 13.1. The molecule has 4 aromatic rings. The van der Waals surface area contributed by atoms with Crippen LogP contribution in [-0.2, 0) is 16.0 Å². The molecule has 1 aliphatic rings. The van der Waals surface area contributed by atoms with Crippen LogP contribution >= 0.6 is 0 Å². The van der Waals surface area contributed by atoms with Gasteiger partial charge in [0, 0.05) is 24.9 Å². The van der Waals surface area contributed by atoms with Crippen molar-refractivity contribution in [1.82, 2.24) is 0 Å². The van der Waals surface area contributed by atoms with Gasteiger partial charge in [0.25, 0.3) is 5.91 Å². The van der Waals surface area contributed by atoms with Crippen LogP contribution in [0.3, 0.4) is 0 Å². The number of hydrogen-bond acceptors (Lipinski definition) is 6. The number of benzene rings is 4. The molecule has 0 saturated heterocycles. The molecule has 1 heterocycles. The zero-order valence-electron chi connectivity index (χ0n) is 22.3. The molecule has 0 fully saturated rings. The second-order valence-corrected chi connectivity index (χ2v) is 9.76. The second-order valence-electron chi connectivity index (χ2n) is 9.76. The Kier molecular flexibility index (Phi) is 8.34. The van der Waals surface area contributed by atoms with Crippen LogP contribution in [0.5, 0.6) is 11.5 Å². The van der Waals surface area contributed by atoms with E-state index in [4.69, 9.17) is 14.6 Å². The summed E-state index contributed by atoms with van der Waals surface area (Å²) >= 11 is 0. The summed E-state index contributed by atoms with van der Waals surface area (Å²) in [6.07, 6.45) is -0.110. The van der Waals surface area contributed by atoms with E-state index in [0.717, 1.165) is 6.42 Å². The predicted molar refractivity (Wildman–Crippen MR) is 155 cm³/mol. The van der Waals surface area contributed by atoms with Gasteiger partial charge in [-0.15, -0.1) is 0 Å². The summed E-state index contributed by atoms with van der Waals surface area (Å²) in [5, 5.41) is 23.8. The maximum absolute atomic E-state index is 13.1. The number of carbonyl (C=O) groups is 3. The average molecular weight is 555 g/mol. The highest BCUT2D eigenvalue weighted by Gasteiger charge is 2.32. The van der Waals surface area contributed by atoms with Gasteiger partial charge in [0.1, 0.15) is 5.75 Å². The van der Waals surface area contributed by atoms with Gasteiger partial charge in [-0.25, -0.2) is 4.79 Å². The molecular weight excluding hydrogens is 524 g/mol. The first-order chi connectivity index (χ1) is 19.9. The molecule has 210 valence electrons. The third-order valence-corrected chi connectivity index (χ3v) is 6.96. The number of anilines is 2. The number of carboxylic acids is 2. The van der Waals surface area contributed by atoms with Gasteiger partial charge in [0.15, 0.2) is 5.75 Å². The molecule has 0 radical (unpaired) electrons. The van der Waals surface area contributed by atoms with E-state index >= 15 is 0 Å². The van der Waals surface area contributed by atoms with E-state index in [1.807, 2.05) is 18.2 Å². The molecule has 1 amide bonds. The third-order valence-electron chi connectivity index (χ3n) is 6.96. The predicted octanol–water partition coefficient (Wildman–Crippen LogP) is 5.23. The summed E-state index contributed by atoms with van der Waals surface area (Å²) < 4.78 is 11.7. The van der Waals surface area contributed by atoms with Crippen molar-refractivity contribution < 1.29 is 34.1 Å². The number of nitrogens with zero attached hydrogens (tertiary/aromatic N) is 1. The lowest BCUT2D eigenvalue weighted by Crippen LogP contribution is -2.45. The van der Waals surface area contributed by atoms with Crippen LogP contribution < -0.4 is 19.7 Å². The fourth-order valence-electron chi connectivity index (χ4n) is 4.92. The monoisotopic (exact) mass is 554 g/mol. The van der Waals surface area contributed by atoms with Crippen molar-refractivity contribution in [1.29, 1.82) is 0 Å². The Morgan fingerprint density at radius 1 is 0.927 bits per heavy atom. The molecule has 9 heteroatoms. The minimum Gasteiger partial charge on any atom is -0.493 e. The Labute approximate surface area is 236 Å². The number of carbonyl (C=O) groups excluding carboxylic acids is 1. The van der Waals surface area contributed by atoms with E-state index in [1.165, 1.54) is 16.3 Å². The molecule has 0 bridgehead atoms. The molecule has 5 rings (SSSR count). The van der Waals surface area contributed by atoms with Crippen LogP contribution in [0.4, 0.5) is 11.4 Å². The van der Waals surface area contributed by atoms with Crippen LogP contribution in [0.25, 0.3) is 10.8 Å². The topological polar surface area (TPSA) is 125 Å². The Hall–Kier alpha value is -5.05. The Bertz CT molecular complexity index is 1560. The fourth-order valence-corrected chi connectivity index (χ4v) is 4.92. The number of rotatable bonds is 11. The maximum Gasteiger partial charge on any atom is 0.346 e. The van der Waals surface area contributed by atoms with Crippen LogP contribution in [0.1, 0.15) is 28.8 Å². The van der Waals surface area contributed by atoms with Gasteiger partial charge in [0.2, 0.25) is 6.10 Å². The first-order valence-corrected chi connectivity index (χ1v) is 13.4. The molecule has 3 N–H and O–H groups in total. The van der Waals surface area contributed by atoms with Crippen molar-refractivity contribution >= 4 is 40.0 Å². The highest BCUT2D eigenvalue weighted by Crippen LogP contribution is 2.40. The summed E-state index contributed by atoms with van der Waals surface area (Å²) in [6.45, 7) is 0.897. The lowest BCUT2D eigenvalue weighted by molar-refractivity contribution is -0.145. The van der Waals surface area contributed by atoms with Gasteiger partial charge >= 0.3 is 11.9 Å². The van der Waals surface area contributed by atoms with E-state index < -0.39 is 18.0 Å². The minimum absolute atomic E-state index is 0.0380. The first-order valence-electron chi connectivity index (χ1n) is 13.4. The van der Waals surface area contributed by atoms with E-state index in [9.17, 15) is 19.5 Å². The summed E-state index contributed by atoms with van der Waals surface area (Å²) in [7, 11) is 0. The molecule has 41 heavy (non-hydrogen) atoms. The molecule has 0 saturated carbocycles. The lowest BCUT2D eigenvalue weighted by Gasteiger charge is -2.35. The molecule has 0 aromatic heterocycles. The van der Waals surface area contributed by atoms with Crippen molar-refractivity contribution in [2.75, 3.05) is 29.9 Å². The number of carboxylic acid groups (broad SMARTS) is 2. The number of para-hydroxylation sites is 1. The number of amides is 1. The number of ether oxygens (including phenoxy) is 2. The normalized spacial score (nSPS) is 14.1. The van der Waals surface area contributed by atoms with Crippen molar-refractivity contribution in [2.24, 2.45) is 0 Å². The van der Waals surface area contributed by atoms with Crippen molar-refractivity contribution in [3.8, 4) is 11.5 Å². The van der Waals surface area contributed by atoms with Crippen LogP contribution in [0.15, 0.2) is 84.9 Å². The third kappa shape index (κ3) is 6.58. The number of aliphatic carboxylic acids is 2. The highest BCUT2D eigenvalue weighted by molar-refractivity contribution is 6.05. The molecule has 4 aromatic carbocycles. The Balaban J connectivity index is 1.23. The molecule has 1 unspecified atom stereocenters. The summed E-state index contributed by atoms with van der Waals surface area (Å²) in [4.78, 5) is 37.6. The SMILES string of the molecule is O=C(O)CCCN1CC(C(=O)O)Oc2c(NC(=O)c3ccc(OCCc4cccc5ccccc45)cc3)cccc21. The Morgan fingerprint density at radius 2 is 1.68 bits per heavy atom. The number of nitrogens with one attached hydrogen (secondary N) is 1. The Morgan fingerprint density at radius 3 is 2.46 bits per heavy atom. The van der Waals surface area contributed by atoms with Gasteiger partial charge in [-0.1, -0.05) is 48.5 Å². The molecule has 0 spiro atoms. The highest BCUT2D eigenvalue weighted by atomic mass is 16.5. The quantitative estimate of drug-likeness (QED) is 0.230. The van der Waals surface area contributed by atoms with E-state index in [-0.39, 0.29) is 24.6 Å². The minimum atomic E-state index is -1.16. The molecule has 1 atom stereocenters. The lowest BCUT2D eigenvalue weighted by atomic mass is 10.0. The largest absolute Gasteiger partial charge is 0.493 e. The smallest absolute Gasteiger partial charge is 0.346 e. The summed E-state index contributed by atoms with van der Waals surface area (Å²) in [5.41, 5.74) is 2.53.